The summed E-state index contributed by atoms with van der Waals surface area (Å²) in [5.41, 5.74) is 0.875. The number of sulfone groups is 1. The van der Waals surface area contributed by atoms with E-state index in [9.17, 15) is 27.8 Å². The first kappa shape index (κ1) is 33.8. The first-order valence-electron chi connectivity index (χ1n) is 17.9. The lowest BCUT2D eigenvalue weighted by Gasteiger charge is -2.54. The Labute approximate surface area is 284 Å². The summed E-state index contributed by atoms with van der Waals surface area (Å²) < 4.78 is 40.8. The van der Waals surface area contributed by atoms with Gasteiger partial charge in [0, 0.05) is 49.2 Å². The van der Waals surface area contributed by atoms with Gasteiger partial charge in [0.2, 0.25) is 0 Å². The third kappa shape index (κ3) is 6.60. The van der Waals surface area contributed by atoms with Crippen molar-refractivity contribution in [3.63, 3.8) is 0 Å². The molecule has 2 aromatic carbocycles. The van der Waals surface area contributed by atoms with Crippen molar-refractivity contribution in [1.29, 1.82) is 0 Å². The highest BCUT2D eigenvalue weighted by molar-refractivity contribution is 7.92. The van der Waals surface area contributed by atoms with Crippen LogP contribution >= 0.6 is 0 Å². The van der Waals surface area contributed by atoms with Crippen molar-refractivity contribution in [2.75, 3.05) is 57.3 Å². The third-order valence-electron chi connectivity index (χ3n) is 12.4. The van der Waals surface area contributed by atoms with Crippen LogP contribution < -0.4 is 10.2 Å². The molecule has 48 heavy (non-hydrogen) atoms. The number of nitrogens with zero attached hydrogens (tertiary/aromatic N) is 3. The number of rotatable bonds is 11. The summed E-state index contributed by atoms with van der Waals surface area (Å²) in [6.45, 7) is 9.46. The van der Waals surface area contributed by atoms with Crippen LogP contribution in [0.15, 0.2) is 53.4 Å². The van der Waals surface area contributed by atoms with E-state index >= 15 is 0 Å². The zero-order valence-corrected chi connectivity index (χ0v) is 28.9. The maximum atomic E-state index is 14.9. The molecule has 5 aliphatic rings. The van der Waals surface area contributed by atoms with Crippen LogP contribution in [0, 0.1) is 23.6 Å². The van der Waals surface area contributed by atoms with Gasteiger partial charge in [-0.3, -0.25) is 0 Å². The molecule has 3 saturated heterocycles. The topological polar surface area (TPSA) is 113 Å². The lowest BCUT2D eigenvalue weighted by atomic mass is 9.57. The van der Waals surface area contributed by atoms with Crippen LogP contribution in [0.25, 0.3) is 0 Å². The molecule has 2 saturated carbocycles. The molecule has 1 amide bonds. The van der Waals surface area contributed by atoms with Crippen molar-refractivity contribution < 1.29 is 27.8 Å². The summed E-state index contributed by atoms with van der Waals surface area (Å²) in [6.07, 6.45) is 5.53. The number of aliphatic hydroxyl groups is 1. The van der Waals surface area contributed by atoms with Gasteiger partial charge in [-0.05, 0) is 132 Å². The van der Waals surface area contributed by atoms with Crippen molar-refractivity contribution >= 4 is 21.6 Å². The Morgan fingerprint density at radius 3 is 2.29 bits per heavy atom. The predicted octanol–water partition coefficient (Wildman–Crippen LogP) is 4.74. The highest BCUT2D eigenvalue weighted by Crippen LogP contribution is 2.51. The molecule has 0 bridgehead atoms. The summed E-state index contributed by atoms with van der Waals surface area (Å²) in [5, 5.41) is 22.1. The molecule has 5 fully saturated rings. The number of carboxylic acid groups (broad SMARTS) is 1. The monoisotopic (exact) mass is 682 g/mol. The van der Waals surface area contributed by atoms with Gasteiger partial charge in [-0.2, -0.15) is 0 Å². The number of hydrogen-bond donors (Lipinski definition) is 3. The number of likely N-dealkylation sites (tertiary alicyclic amines) is 2. The van der Waals surface area contributed by atoms with Crippen molar-refractivity contribution in [3.05, 3.63) is 59.9 Å². The number of carbonyl (C=O) groups is 1. The molecule has 0 radical (unpaired) electrons. The average Bonchev–Trinajstić information content (AvgIpc) is 3.45. The molecule has 0 spiro atoms. The molecule has 0 unspecified atom stereocenters. The molecular formula is C37H51FN4O5S. The SMILES string of the molecule is CC1(O)CC(S(=O)(=O)c2ccc(N3CC(CN4CCC([C@@](CN5CCC5)(c5cccc(F)c5)[C@H]5CCC[C@@H]5NC(=O)O)CC4)C3)cc2)C1. The second-order valence-electron chi connectivity index (χ2n) is 15.7. The van der Waals surface area contributed by atoms with Gasteiger partial charge >= 0.3 is 6.09 Å². The number of piperidine rings is 1. The largest absolute Gasteiger partial charge is 0.465 e. The fraction of sp³-hybridized carbons (Fsp3) is 0.649. The number of anilines is 1. The molecule has 3 aliphatic heterocycles. The summed E-state index contributed by atoms with van der Waals surface area (Å²) in [6, 6.07) is 14.3. The van der Waals surface area contributed by atoms with Gasteiger partial charge in [-0.1, -0.05) is 18.6 Å². The summed E-state index contributed by atoms with van der Waals surface area (Å²) in [5.74, 6) is 0.765. The van der Waals surface area contributed by atoms with Gasteiger partial charge in [0.25, 0.3) is 0 Å². The molecule has 9 nitrogen and oxygen atoms in total. The molecule has 3 atom stereocenters. The normalized spacial score (nSPS) is 30.2. The Balaban J connectivity index is 0.995. The first-order valence-corrected chi connectivity index (χ1v) is 19.5. The molecule has 0 aromatic heterocycles. The van der Waals surface area contributed by atoms with Crippen molar-refractivity contribution in [1.82, 2.24) is 15.1 Å². The third-order valence-corrected chi connectivity index (χ3v) is 14.5. The molecule has 2 aromatic rings. The second-order valence-corrected chi connectivity index (χ2v) is 17.9. The lowest BCUT2D eigenvalue weighted by molar-refractivity contribution is -0.0116. The molecule has 2 aliphatic carbocycles. The minimum absolute atomic E-state index is 0.123. The van der Waals surface area contributed by atoms with E-state index in [1.54, 1.807) is 25.1 Å². The highest BCUT2D eigenvalue weighted by Gasteiger charge is 2.53. The van der Waals surface area contributed by atoms with E-state index in [-0.39, 0.29) is 36.0 Å². The van der Waals surface area contributed by atoms with E-state index in [0.717, 1.165) is 95.7 Å². The van der Waals surface area contributed by atoms with E-state index in [2.05, 4.69) is 26.1 Å². The van der Waals surface area contributed by atoms with Crippen LogP contribution in [-0.4, -0.2) is 104 Å². The van der Waals surface area contributed by atoms with Crippen molar-refractivity contribution in [3.8, 4) is 0 Å². The number of amides is 1. The average molecular weight is 683 g/mol. The van der Waals surface area contributed by atoms with E-state index in [0.29, 0.717) is 16.7 Å². The van der Waals surface area contributed by atoms with Crippen LogP contribution in [0.1, 0.15) is 63.9 Å². The Morgan fingerprint density at radius 1 is 0.979 bits per heavy atom. The highest BCUT2D eigenvalue weighted by atomic mass is 32.2. The second kappa shape index (κ2) is 13.2. The van der Waals surface area contributed by atoms with Gasteiger partial charge in [0.15, 0.2) is 9.84 Å². The van der Waals surface area contributed by atoms with Gasteiger partial charge in [-0.25, -0.2) is 17.6 Å². The Kier molecular flexibility index (Phi) is 9.28. The number of nitrogens with one attached hydrogen (secondary N) is 1. The summed E-state index contributed by atoms with van der Waals surface area (Å²) >= 11 is 0. The number of benzene rings is 2. The molecule has 3 N–H and O–H groups in total. The molecule has 3 heterocycles. The molecular weight excluding hydrogens is 631 g/mol. The lowest BCUT2D eigenvalue weighted by Crippen LogP contribution is -2.60. The van der Waals surface area contributed by atoms with Crippen LogP contribution in [0.4, 0.5) is 14.9 Å². The first-order chi connectivity index (χ1) is 22.9. The van der Waals surface area contributed by atoms with Crippen LogP contribution in [-0.2, 0) is 15.3 Å². The quantitative estimate of drug-likeness (QED) is 0.312. The van der Waals surface area contributed by atoms with Gasteiger partial charge in [0.1, 0.15) is 5.82 Å². The zero-order valence-electron chi connectivity index (χ0n) is 28.1. The Hall–Kier alpha value is -2.73. The standard InChI is InChI=1S/C37H51FN4O5S/c1-36(45)20-32(21-36)48(46,47)31-11-9-30(10-12-31)42-23-26(24-42)22-40-17-13-27(14-18-40)37(25-41-15-4-16-41,28-5-2-6-29(38)19-28)33-7-3-8-34(33)39-35(43)44/h2,5-6,9-12,19,26-27,32-34,39,45H,3-4,7-8,13-18,20-25H2,1H3,(H,43,44)/t32?,33-,34-,36?,37-/m0/s1. The fourth-order valence-corrected chi connectivity index (χ4v) is 11.8. The Morgan fingerprint density at radius 2 is 1.69 bits per heavy atom. The van der Waals surface area contributed by atoms with Crippen LogP contribution in [0.3, 0.4) is 0 Å². The number of hydrogen-bond acceptors (Lipinski definition) is 7. The zero-order chi connectivity index (χ0) is 33.7. The molecule has 7 rings (SSSR count). The van der Waals surface area contributed by atoms with Crippen LogP contribution in [0.5, 0.6) is 0 Å². The minimum Gasteiger partial charge on any atom is -0.465 e. The summed E-state index contributed by atoms with van der Waals surface area (Å²) in [7, 11) is -3.42. The maximum Gasteiger partial charge on any atom is 0.404 e. The van der Waals surface area contributed by atoms with E-state index in [1.807, 2.05) is 18.2 Å². The summed E-state index contributed by atoms with van der Waals surface area (Å²) in [4.78, 5) is 19.6. The van der Waals surface area contributed by atoms with Crippen LogP contribution in [0.2, 0.25) is 0 Å². The van der Waals surface area contributed by atoms with Gasteiger partial charge in [0.05, 0.1) is 15.7 Å². The minimum atomic E-state index is -3.42. The Bertz CT molecular complexity index is 1560. The van der Waals surface area contributed by atoms with E-state index in [1.165, 1.54) is 12.5 Å². The maximum absolute atomic E-state index is 14.9. The predicted molar refractivity (Wildman–Crippen MR) is 184 cm³/mol. The van der Waals surface area contributed by atoms with Crippen molar-refractivity contribution in [2.24, 2.45) is 17.8 Å². The molecule has 11 heteroatoms. The fourth-order valence-electron chi connectivity index (χ4n) is 9.76. The molecule has 262 valence electrons. The van der Waals surface area contributed by atoms with Gasteiger partial charge in [-0.15, -0.1) is 0 Å². The van der Waals surface area contributed by atoms with Gasteiger partial charge < -0.3 is 30.2 Å². The van der Waals surface area contributed by atoms with Crippen molar-refractivity contribution in [2.45, 2.75) is 85.5 Å². The van der Waals surface area contributed by atoms with E-state index in [4.69, 9.17) is 0 Å². The smallest absolute Gasteiger partial charge is 0.404 e. The van der Waals surface area contributed by atoms with E-state index < -0.39 is 26.8 Å². The number of halogens is 1.